The van der Waals surface area contributed by atoms with Crippen LogP contribution in [0.25, 0.3) is 43.6 Å². The van der Waals surface area contributed by atoms with Gasteiger partial charge in [0.15, 0.2) is 6.17 Å². The number of aromatic nitrogens is 1. The SMILES string of the molecule is [2H]c1cc2c3c(cc4c(CC(C)(C)C)cccc42)Oc2c(c(C)c4cc(C)ccc4c2CC(C)(C)C)-c3[n+]1C. The lowest BCUT2D eigenvalue weighted by Gasteiger charge is -2.28. The third-order valence-corrected chi connectivity index (χ3v) is 7.91. The maximum absolute atomic E-state index is 9.04. The molecule has 1 aliphatic rings. The number of aryl methyl sites for hydroxylation is 2. The molecule has 0 aliphatic carbocycles. The van der Waals surface area contributed by atoms with E-state index < -0.39 is 0 Å². The summed E-state index contributed by atoms with van der Waals surface area (Å²) in [6, 6.07) is 17.7. The van der Waals surface area contributed by atoms with E-state index in [-0.39, 0.29) is 10.8 Å². The van der Waals surface area contributed by atoms with Gasteiger partial charge >= 0.3 is 0 Å². The van der Waals surface area contributed by atoms with E-state index in [1.165, 1.54) is 43.8 Å². The second-order valence-corrected chi connectivity index (χ2v) is 13.8. The molecule has 2 nitrogen and oxygen atoms in total. The van der Waals surface area contributed by atoms with Crippen LogP contribution in [0.4, 0.5) is 0 Å². The van der Waals surface area contributed by atoms with E-state index in [4.69, 9.17) is 6.11 Å². The summed E-state index contributed by atoms with van der Waals surface area (Å²) in [6.07, 6.45) is 2.39. The highest BCUT2D eigenvalue weighted by Gasteiger charge is 2.34. The maximum Gasteiger partial charge on any atom is 0.228 e. The van der Waals surface area contributed by atoms with Gasteiger partial charge in [0, 0.05) is 17.0 Å². The topological polar surface area (TPSA) is 13.1 Å². The fourth-order valence-corrected chi connectivity index (χ4v) is 6.40. The molecule has 0 unspecified atom stereocenters. The minimum atomic E-state index is 0.0858. The van der Waals surface area contributed by atoms with E-state index in [0.717, 1.165) is 46.4 Å². The van der Waals surface area contributed by atoms with Gasteiger partial charge in [-0.15, -0.1) is 0 Å². The van der Waals surface area contributed by atoms with E-state index in [1.54, 1.807) is 0 Å². The monoisotopic (exact) mass is 503 g/mol. The molecule has 0 bridgehead atoms. The molecule has 1 aromatic heterocycles. The van der Waals surface area contributed by atoms with Gasteiger partial charge in [-0.25, -0.2) is 4.57 Å². The molecule has 0 spiro atoms. The molecule has 0 N–H and O–H groups in total. The molecule has 0 fully saturated rings. The first-order valence-corrected chi connectivity index (χ1v) is 13.9. The molecule has 0 saturated carbocycles. The molecule has 2 heterocycles. The number of fused-ring (bicyclic) bond motifs is 5. The summed E-state index contributed by atoms with van der Waals surface area (Å²) in [5.41, 5.74) is 7.53. The smallest absolute Gasteiger partial charge is 0.228 e. The van der Waals surface area contributed by atoms with Crippen LogP contribution in [0.1, 0.15) is 65.2 Å². The fraction of sp³-hybridized carbons (Fsp3) is 0.361. The Balaban J connectivity index is 1.80. The van der Waals surface area contributed by atoms with Crippen molar-refractivity contribution in [2.45, 2.75) is 68.2 Å². The van der Waals surface area contributed by atoms with Crippen molar-refractivity contribution in [2.24, 2.45) is 17.9 Å². The van der Waals surface area contributed by atoms with E-state index in [0.29, 0.717) is 6.17 Å². The Morgan fingerprint density at radius 1 is 0.789 bits per heavy atom. The summed E-state index contributed by atoms with van der Waals surface area (Å²) in [6.45, 7) is 18.1. The molecule has 5 aromatic rings. The largest absolute Gasteiger partial charge is 0.455 e. The molecule has 0 amide bonds. The van der Waals surface area contributed by atoms with Crippen molar-refractivity contribution in [3.63, 3.8) is 0 Å². The van der Waals surface area contributed by atoms with Gasteiger partial charge in [0.1, 0.15) is 19.9 Å². The lowest BCUT2D eigenvalue weighted by molar-refractivity contribution is -0.659. The zero-order valence-corrected chi connectivity index (χ0v) is 24.4. The Kier molecular flexibility index (Phi) is 5.18. The lowest BCUT2D eigenvalue weighted by Crippen LogP contribution is -2.32. The Morgan fingerprint density at radius 3 is 2.24 bits per heavy atom. The zero-order chi connectivity index (χ0) is 28.0. The van der Waals surface area contributed by atoms with Crippen LogP contribution in [0.3, 0.4) is 0 Å². The molecule has 0 saturated heterocycles. The molecule has 1 aliphatic heterocycles. The van der Waals surface area contributed by atoms with Crippen LogP contribution < -0.4 is 9.30 Å². The molecule has 194 valence electrons. The van der Waals surface area contributed by atoms with Crippen LogP contribution in [0.5, 0.6) is 11.5 Å². The zero-order valence-electron chi connectivity index (χ0n) is 25.4. The summed E-state index contributed by atoms with van der Waals surface area (Å²) >= 11 is 0. The third-order valence-electron chi connectivity index (χ3n) is 7.91. The number of pyridine rings is 1. The van der Waals surface area contributed by atoms with Gasteiger partial charge in [-0.1, -0.05) is 83.5 Å². The normalized spacial score (nSPS) is 13.7. The van der Waals surface area contributed by atoms with Crippen molar-refractivity contribution >= 4 is 32.3 Å². The number of hydrogen-bond acceptors (Lipinski definition) is 1. The van der Waals surface area contributed by atoms with E-state index in [1.807, 2.05) is 17.7 Å². The number of nitrogens with zero attached hydrogens (tertiary/aromatic N) is 1. The van der Waals surface area contributed by atoms with Crippen molar-refractivity contribution in [1.82, 2.24) is 0 Å². The van der Waals surface area contributed by atoms with Crippen molar-refractivity contribution in [2.75, 3.05) is 0 Å². The Morgan fingerprint density at radius 2 is 1.53 bits per heavy atom. The first-order valence-electron chi connectivity index (χ1n) is 14.4. The summed E-state index contributed by atoms with van der Waals surface area (Å²) in [5.74, 6) is 1.86. The van der Waals surface area contributed by atoms with E-state index in [9.17, 15) is 0 Å². The minimum absolute atomic E-state index is 0.0858. The second-order valence-electron chi connectivity index (χ2n) is 13.8. The average molecular weight is 504 g/mol. The van der Waals surface area contributed by atoms with Crippen LogP contribution >= 0.6 is 0 Å². The Hall–Kier alpha value is -3.39. The van der Waals surface area contributed by atoms with Crippen molar-refractivity contribution in [1.29, 1.82) is 0 Å². The van der Waals surface area contributed by atoms with Gasteiger partial charge in [-0.05, 0) is 76.3 Å². The quantitative estimate of drug-likeness (QED) is 0.169. The predicted molar refractivity (Wildman–Crippen MR) is 161 cm³/mol. The van der Waals surface area contributed by atoms with Gasteiger partial charge < -0.3 is 4.74 Å². The maximum atomic E-state index is 9.04. The highest BCUT2D eigenvalue weighted by molar-refractivity contribution is 6.16. The molecule has 0 radical (unpaired) electrons. The molecule has 0 atom stereocenters. The number of rotatable bonds is 2. The summed E-state index contributed by atoms with van der Waals surface area (Å²) < 4.78 is 18.2. The summed E-state index contributed by atoms with van der Waals surface area (Å²) in [5, 5.41) is 7.17. The van der Waals surface area contributed by atoms with Crippen molar-refractivity contribution in [3.05, 3.63) is 77.0 Å². The summed E-state index contributed by atoms with van der Waals surface area (Å²) in [4.78, 5) is 0. The number of benzene rings is 4. The minimum Gasteiger partial charge on any atom is -0.455 e. The van der Waals surface area contributed by atoms with Crippen LogP contribution in [-0.2, 0) is 19.9 Å². The number of ether oxygens (including phenoxy) is 1. The first-order chi connectivity index (χ1) is 18.2. The van der Waals surface area contributed by atoms with Gasteiger partial charge in [0.05, 0.1) is 10.9 Å². The predicted octanol–water partition coefficient (Wildman–Crippen LogP) is 9.54. The average Bonchev–Trinajstić information content (AvgIpc) is 2.83. The Bertz CT molecular complexity index is 1830. The second kappa shape index (κ2) is 8.30. The molecule has 4 aromatic carbocycles. The fourth-order valence-electron chi connectivity index (χ4n) is 6.40. The molecular weight excluding hydrogens is 462 g/mol. The lowest BCUT2D eigenvalue weighted by atomic mass is 9.81. The highest BCUT2D eigenvalue weighted by Crippen LogP contribution is 2.53. The van der Waals surface area contributed by atoms with Crippen LogP contribution in [0.15, 0.2) is 54.7 Å². The van der Waals surface area contributed by atoms with Crippen LogP contribution in [0, 0.1) is 24.7 Å². The van der Waals surface area contributed by atoms with Gasteiger partial charge in [0.2, 0.25) is 5.69 Å². The van der Waals surface area contributed by atoms with E-state index >= 15 is 0 Å². The van der Waals surface area contributed by atoms with Crippen LogP contribution in [0.2, 0.25) is 0 Å². The van der Waals surface area contributed by atoms with Gasteiger partial charge in [0.25, 0.3) is 0 Å². The molecule has 38 heavy (non-hydrogen) atoms. The first kappa shape index (κ1) is 23.7. The van der Waals surface area contributed by atoms with Crippen molar-refractivity contribution in [3.8, 4) is 22.8 Å². The molecule has 6 rings (SSSR count). The molecular formula is C36H40NO+. The van der Waals surface area contributed by atoms with E-state index in [2.05, 4.69) is 97.9 Å². The van der Waals surface area contributed by atoms with Crippen LogP contribution in [-0.4, -0.2) is 0 Å². The van der Waals surface area contributed by atoms with Crippen molar-refractivity contribution < 1.29 is 10.7 Å². The summed E-state index contributed by atoms with van der Waals surface area (Å²) in [7, 11) is 2.03. The number of hydrogen-bond donors (Lipinski definition) is 0. The standard InChI is InChI=1S/C36H40NO/c1-21-13-14-25-27(17-21)22(2)31-33-32-26(15-16-37(33)9)24-12-10-11-23(19-35(3,4)5)28(24)18-30(32)38-34(31)29(25)20-36(6,7)8/h10-18H,19-20H2,1-9H3/q+1/i16D. The Labute approximate surface area is 228 Å². The molecule has 2 heteroatoms. The highest BCUT2D eigenvalue weighted by atomic mass is 16.5. The van der Waals surface area contributed by atoms with Gasteiger partial charge in [-0.2, -0.15) is 0 Å². The third kappa shape index (κ3) is 3.97. The van der Waals surface area contributed by atoms with Gasteiger partial charge in [-0.3, -0.25) is 0 Å².